The normalized spacial score (nSPS) is 24.7. The number of halogens is 2. The van der Waals surface area contributed by atoms with E-state index < -0.39 is 0 Å². The molecule has 1 aromatic carbocycles. The molecule has 1 saturated carbocycles. The Labute approximate surface area is 118 Å². The minimum Gasteiger partial charge on any atom is -0.329 e. The molecule has 1 heterocycles. The Morgan fingerprint density at radius 1 is 1.22 bits per heavy atom. The van der Waals surface area contributed by atoms with Crippen LogP contribution in [0.4, 0.5) is 0 Å². The zero-order valence-electron chi connectivity index (χ0n) is 10.3. The van der Waals surface area contributed by atoms with Crippen LogP contribution in [0.3, 0.4) is 0 Å². The molecule has 4 heteroatoms. The van der Waals surface area contributed by atoms with E-state index in [0.717, 1.165) is 16.6 Å². The van der Waals surface area contributed by atoms with Crippen LogP contribution < -0.4 is 5.73 Å². The number of fused-ring (bicyclic) bond motifs is 1. The lowest BCUT2D eigenvalue weighted by Gasteiger charge is -2.30. The molecule has 0 amide bonds. The van der Waals surface area contributed by atoms with E-state index >= 15 is 0 Å². The van der Waals surface area contributed by atoms with Crippen molar-refractivity contribution in [1.29, 1.82) is 0 Å². The molecule has 0 saturated heterocycles. The van der Waals surface area contributed by atoms with E-state index in [1.165, 1.54) is 36.8 Å². The standard InChI is InChI=1S/C14H18Cl2N2/c15-10-5-9-8-18(11-3-1-2-4-11)13(7-17)14(9)12(16)6-10/h5-6,11,13H,1-4,7-8,17H2. The average molecular weight is 285 g/mol. The Hall–Kier alpha value is -0.280. The fraction of sp³-hybridized carbons (Fsp3) is 0.571. The summed E-state index contributed by atoms with van der Waals surface area (Å²) >= 11 is 12.4. The fourth-order valence-electron chi connectivity index (χ4n) is 3.49. The Bertz CT molecular complexity index is 455. The van der Waals surface area contributed by atoms with Crippen molar-refractivity contribution in [3.8, 4) is 0 Å². The molecule has 2 aliphatic rings. The van der Waals surface area contributed by atoms with Crippen molar-refractivity contribution in [3.63, 3.8) is 0 Å². The van der Waals surface area contributed by atoms with Gasteiger partial charge in [0.1, 0.15) is 0 Å². The number of nitrogens with zero attached hydrogens (tertiary/aromatic N) is 1. The number of benzene rings is 1. The second kappa shape index (κ2) is 5.01. The summed E-state index contributed by atoms with van der Waals surface area (Å²) in [5.41, 5.74) is 8.44. The van der Waals surface area contributed by atoms with Gasteiger partial charge in [-0.15, -0.1) is 0 Å². The molecule has 2 nitrogen and oxygen atoms in total. The molecule has 2 N–H and O–H groups in total. The van der Waals surface area contributed by atoms with Crippen LogP contribution in [0.25, 0.3) is 0 Å². The minimum atomic E-state index is 0.271. The number of nitrogens with two attached hydrogens (primary N) is 1. The van der Waals surface area contributed by atoms with E-state index in [9.17, 15) is 0 Å². The van der Waals surface area contributed by atoms with Gasteiger partial charge in [0.05, 0.1) is 0 Å². The Morgan fingerprint density at radius 3 is 2.61 bits per heavy atom. The third-order valence-corrected chi connectivity index (χ3v) is 4.81. The Morgan fingerprint density at radius 2 is 1.94 bits per heavy atom. The third-order valence-electron chi connectivity index (χ3n) is 4.28. The molecule has 1 fully saturated rings. The maximum absolute atomic E-state index is 6.35. The van der Waals surface area contributed by atoms with Gasteiger partial charge >= 0.3 is 0 Å². The molecule has 18 heavy (non-hydrogen) atoms. The zero-order chi connectivity index (χ0) is 12.7. The van der Waals surface area contributed by atoms with Crippen molar-refractivity contribution < 1.29 is 0 Å². The summed E-state index contributed by atoms with van der Waals surface area (Å²) in [4.78, 5) is 2.53. The van der Waals surface area contributed by atoms with E-state index in [2.05, 4.69) is 4.90 Å². The van der Waals surface area contributed by atoms with Crippen molar-refractivity contribution in [2.24, 2.45) is 5.73 Å². The lowest BCUT2D eigenvalue weighted by Crippen LogP contribution is -2.35. The van der Waals surface area contributed by atoms with Gasteiger partial charge in [-0.2, -0.15) is 0 Å². The SMILES string of the molecule is NCC1c2c(Cl)cc(Cl)cc2CN1C1CCCC1. The van der Waals surface area contributed by atoms with Crippen LogP contribution in [-0.2, 0) is 6.54 Å². The van der Waals surface area contributed by atoms with Crippen LogP contribution in [0, 0.1) is 0 Å². The van der Waals surface area contributed by atoms with E-state index in [0.29, 0.717) is 12.6 Å². The topological polar surface area (TPSA) is 29.3 Å². The molecule has 1 aliphatic carbocycles. The maximum Gasteiger partial charge on any atom is 0.0494 e. The van der Waals surface area contributed by atoms with Gasteiger partial charge in [0.2, 0.25) is 0 Å². The molecular formula is C14H18Cl2N2. The molecule has 1 unspecified atom stereocenters. The highest BCUT2D eigenvalue weighted by molar-refractivity contribution is 6.35. The van der Waals surface area contributed by atoms with Crippen molar-refractivity contribution in [3.05, 3.63) is 33.3 Å². The van der Waals surface area contributed by atoms with Gasteiger partial charge in [-0.25, -0.2) is 0 Å². The first kappa shape index (κ1) is 12.7. The highest BCUT2D eigenvalue weighted by Gasteiger charge is 2.36. The van der Waals surface area contributed by atoms with Crippen LogP contribution in [0.15, 0.2) is 12.1 Å². The smallest absolute Gasteiger partial charge is 0.0494 e. The van der Waals surface area contributed by atoms with Crippen LogP contribution in [0.2, 0.25) is 10.0 Å². The molecule has 1 aromatic rings. The first-order chi connectivity index (χ1) is 8.70. The maximum atomic E-state index is 6.35. The van der Waals surface area contributed by atoms with Gasteiger partial charge < -0.3 is 5.73 Å². The third kappa shape index (κ3) is 2.05. The summed E-state index contributed by atoms with van der Waals surface area (Å²) in [6.45, 7) is 1.58. The first-order valence-electron chi connectivity index (χ1n) is 6.64. The molecule has 98 valence electrons. The van der Waals surface area contributed by atoms with E-state index in [-0.39, 0.29) is 6.04 Å². The first-order valence-corrected chi connectivity index (χ1v) is 7.40. The predicted molar refractivity (Wildman–Crippen MR) is 76.1 cm³/mol. The lowest BCUT2D eigenvalue weighted by molar-refractivity contribution is 0.152. The second-order valence-electron chi connectivity index (χ2n) is 5.32. The molecule has 0 spiro atoms. The number of hydrogen-bond donors (Lipinski definition) is 1. The summed E-state index contributed by atoms with van der Waals surface area (Å²) in [5.74, 6) is 0. The largest absolute Gasteiger partial charge is 0.329 e. The van der Waals surface area contributed by atoms with Crippen LogP contribution in [0.1, 0.15) is 42.9 Å². The highest BCUT2D eigenvalue weighted by atomic mass is 35.5. The van der Waals surface area contributed by atoms with Crippen molar-refractivity contribution in [2.45, 2.75) is 44.3 Å². The minimum absolute atomic E-state index is 0.271. The summed E-state index contributed by atoms with van der Waals surface area (Å²) in [5, 5.41) is 1.50. The van der Waals surface area contributed by atoms with Crippen LogP contribution in [0.5, 0.6) is 0 Å². The summed E-state index contributed by atoms with van der Waals surface area (Å²) in [6, 6.07) is 4.82. The Kier molecular flexibility index (Phi) is 3.55. The van der Waals surface area contributed by atoms with Gasteiger partial charge in [0.25, 0.3) is 0 Å². The van der Waals surface area contributed by atoms with E-state index in [4.69, 9.17) is 28.9 Å². The van der Waals surface area contributed by atoms with Crippen LogP contribution >= 0.6 is 23.2 Å². The van der Waals surface area contributed by atoms with Gasteiger partial charge in [-0.1, -0.05) is 36.0 Å². The van der Waals surface area contributed by atoms with Gasteiger partial charge in [0.15, 0.2) is 0 Å². The van der Waals surface area contributed by atoms with E-state index in [1.54, 1.807) is 0 Å². The van der Waals surface area contributed by atoms with Crippen molar-refractivity contribution >= 4 is 23.2 Å². The molecule has 3 rings (SSSR count). The van der Waals surface area contributed by atoms with Gasteiger partial charge in [-0.05, 0) is 36.1 Å². The molecule has 0 aromatic heterocycles. The quantitative estimate of drug-likeness (QED) is 0.896. The summed E-state index contributed by atoms with van der Waals surface area (Å²) in [7, 11) is 0. The lowest BCUT2D eigenvalue weighted by atomic mass is 10.0. The van der Waals surface area contributed by atoms with Gasteiger partial charge in [-0.3, -0.25) is 4.90 Å². The van der Waals surface area contributed by atoms with Gasteiger partial charge in [0, 0.05) is 35.2 Å². The monoisotopic (exact) mass is 284 g/mol. The molecule has 1 atom stereocenters. The molecule has 0 radical (unpaired) electrons. The zero-order valence-corrected chi connectivity index (χ0v) is 11.8. The number of rotatable bonds is 2. The number of hydrogen-bond acceptors (Lipinski definition) is 2. The van der Waals surface area contributed by atoms with Crippen LogP contribution in [-0.4, -0.2) is 17.5 Å². The predicted octanol–water partition coefficient (Wildman–Crippen LogP) is 3.75. The molecule has 0 bridgehead atoms. The van der Waals surface area contributed by atoms with Crippen molar-refractivity contribution in [2.75, 3.05) is 6.54 Å². The molecular weight excluding hydrogens is 267 g/mol. The summed E-state index contributed by atoms with van der Waals surface area (Å²) < 4.78 is 0. The van der Waals surface area contributed by atoms with E-state index in [1.807, 2.05) is 12.1 Å². The highest BCUT2D eigenvalue weighted by Crippen LogP contribution is 2.43. The summed E-state index contributed by atoms with van der Waals surface area (Å²) in [6.07, 6.45) is 5.25. The Balaban J connectivity index is 1.96. The second-order valence-corrected chi connectivity index (χ2v) is 6.17. The average Bonchev–Trinajstić information content (AvgIpc) is 2.93. The van der Waals surface area contributed by atoms with Crippen molar-refractivity contribution in [1.82, 2.24) is 4.90 Å². The molecule has 1 aliphatic heterocycles. The fourth-order valence-corrected chi connectivity index (χ4v) is 4.15.